The zero-order valence-corrected chi connectivity index (χ0v) is 7.66. The van der Waals surface area contributed by atoms with Crippen LogP contribution in [0.25, 0.3) is 11.3 Å². The maximum atomic E-state index is 8.45. The molecule has 4 heteroatoms. The molecule has 0 aliphatic heterocycles. The van der Waals surface area contributed by atoms with Gasteiger partial charge in [-0.2, -0.15) is 21.7 Å². The van der Waals surface area contributed by atoms with E-state index < -0.39 is 0 Å². The highest BCUT2D eigenvalue weighted by molar-refractivity contribution is 7.08. The first-order valence-electron chi connectivity index (χ1n) is 3.83. The third kappa shape index (κ3) is 1.60. The Morgan fingerprint density at radius 2 is 2.46 bits per heavy atom. The highest BCUT2D eigenvalue weighted by Crippen LogP contribution is 2.19. The number of thiophene rings is 1. The average Bonchev–Trinajstić information content (AvgIpc) is 2.70. The Morgan fingerprint density at radius 1 is 1.54 bits per heavy atom. The second kappa shape index (κ2) is 3.42. The number of nitrogens with zero attached hydrogens (tertiary/aromatic N) is 3. The number of aromatic nitrogens is 2. The quantitative estimate of drug-likeness (QED) is 0.726. The molecule has 0 bridgehead atoms. The second-order valence-corrected chi connectivity index (χ2v) is 3.35. The van der Waals surface area contributed by atoms with Crippen molar-refractivity contribution < 1.29 is 0 Å². The summed E-state index contributed by atoms with van der Waals surface area (Å²) in [6.45, 7) is 0.310. The Hall–Kier alpha value is -1.60. The molecule has 2 rings (SSSR count). The molecule has 0 fully saturated rings. The van der Waals surface area contributed by atoms with E-state index in [-0.39, 0.29) is 0 Å². The van der Waals surface area contributed by atoms with Gasteiger partial charge < -0.3 is 0 Å². The molecule has 0 N–H and O–H groups in total. The molecule has 2 aromatic rings. The predicted octanol–water partition coefficient (Wildman–Crippen LogP) is 2.14. The summed E-state index contributed by atoms with van der Waals surface area (Å²) in [6.07, 6.45) is 1.82. The van der Waals surface area contributed by atoms with E-state index in [1.165, 1.54) is 0 Å². The van der Waals surface area contributed by atoms with Crippen LogP contribution in [0.2, 0.25) is 0 Å². The summed E-state index contributed by atoms with van der Waals surface area (Å²) < 4.78 is 1.63. The lowest BCUT2D eigenvalue weighted by atomic mass is 10.2. The van der Waals surface area contributed by atoms with Gasteiger partial charge in [0.2, 0.25) is 0 Å². The Bertz CT molecular complexity index is 422. The Balaban J connectivity index is 2.29. The van der Waals surface area contributed by atoms with Crippen molar-refractivity contribution in [2.24, 2.45) is 0 Å². The lowest BCUT2D eigenvalue weighted by Gasteiger charge is -1.90. The van der Waals surface area contributed by atoms with E-state index in [0.29, 0.717) is 6.54 Å². The number of nitriles is 1. The molecular weight excluding hydrogens is 182 g/mol. The minimum atomic E-state index is 0.310. The standard InChI is InChI=1S/C9H7N3S/c10-3-5-12-4-1-9(11-12)8-2-6-13-7-8/h1-2,4,6-7H,5H2. The van der Waals surface area contributed by atoms with Gasteiger partial charge >= 0.3 is 0 Å². The van der Waals surface area contributed by atoms with E-state index in [2.05, 4.69) is 5.10 Å². The van der Waals surface area contributed by atoms with Crippen LogP contribution < -0.4 is 0 Å². The molecule has 0 aromatic carbocycles. The average molecular weight is 189 g/mol. The Kier molecular flexibility index (Phi) is 2.11. The first-order chi connectivity index (χ1) is 6.40. The maximum absolute atomic E-state index is 8.45. The van der Waals surface area contributed by atoms with Gasteiger partial charge in [0.05, 0.1) is 11.8 Å². The van der Waals surface area contributed by atoms with Crippen molar-refractivity contribution >= 4 is 11.3 Å². The van der Waals surface area contributed by atoms with Gasteiger partial charge in [0, 0.05) is 17.1 Å². The molecule has 0 unspecified atom stereocenters. The summed E-state index contributed by atoms with van der Waals surface area (Å²) >= 11 is 1.64. The second-order valence-electron chi connectivity index (χ2n) is 2.57. The van der Waals surface area contributed by atoms with Crippen molar-refractivity contribution in [3.63, 3.8) is 0 Å². The maximum Gasteiger partial charge on any atom is 0.128 e. The van der Waals surface area contributed by atoms with Gasteiger partial charge in [-0.25, -0.2) is 0 Å². The summed E-state index contributed by atoms with van der Waals surface area (Å²) in [5.41, 5.74) is 2.04. The van der Waals surface area contributed by atoms with Crippen molar-refractivity contribution in [1.82, 2.24) is 9.78 Å². The van der Waals surface area contributed by atoms with Crippen LogP contribution in [-0.4, -0.2) is 9.78 Å². The SMILES string of the molecule is N#CCn1ccc(-c2ccsc2)n1. The molecule has 0 spiro atoms. The zero-order chi connectivity index (χ0) is 9.10. The molecule has 0 saturated carbocycles. The molecular formula is C9H7N3S. The topological polar surface area (TPSA) is 41.6 Å². The van der Waals surface area contributed by atoms with Gasteiger partial charge in [-0.3, -0.25) is 4.68 Å². The van der Waals surface area contributed by atoms with E-state index in [0.717, 1.165) is 11.3 Å². The summed E-state index contributed by atoms with van der Waals surface area (Å²) in [5, 5.41) is 16.7. The van der Waals surface area contributed by atoms with Crippen LogP contribution in [0.1, 0.15) is 0 Å². The smallest absolute Gasteiger partial charge is 0.128 e. The third-order valence-electron chi connectivity index (χ3n) is 1.69. The van der Waals surface area contributed by atoms with E-state index in [4.69, 9.17) is 5.26 Å². The molecule has 0 saturated heterocycles. The molecule has 0 atom stereocenters. The molecule has 2 heterocycles. The lowest BCUT2D eigenvalue weighted by molar-refractivity contribution is 0.712. The minimum Gasteiger partial charge on any atom is -0.258 e. The number of rotatable bonds is 2. The van der Waals surface area contributed by atoms with Gasteiger partial charge in [-0.1, -0.05) is 0 Å². The van der Waals surface area contributed by atoms with Crippen molar-refractivity contribution in [2.75, 3.05) is 0 Å². The molecule has 64 valence electrons. The molecule has 3 nitrogen and oxygen atoms in total. The Morgan fingerprint density at radius 3 is 3.15 bits per heavy atom. The van der Waals surface area contributed by atoms with E-state index in [1.54, 1.807) is 16.0 Å². The molecule has 0 aliphatic rings. The van der Waals surface area contributed by atoms with Crippen molar-refractivity contribution in [2.45, 2.75) is 6.54 Å². The first kappa shape index (κ1) is 8.02. The van der Waals surface area contributed by atoms with Crippen LogP contribution in [0, 0.1) is 11.3 Å². The van der Waals surface area contributed by atoms with Crippen LogP contribution in [-0.2, 0) is 6.54 Å². The van der Waals surface area contributed by atoms with Crippen LogP contribution in [0.4, 0.5) is 0 Å². The monoisotopic (exact) mass is 189 g/mol. The minimum absolute atomic E-state index is 0.310. The van der Waals surface area contributed by atoms with Gasteiger partial charge in [0.15, 0.2) is 0 Å². The fourth-order valence-electron chi connectivity index (χ4n) is 1.09. The fraction of sp³-hybridized carbons (Fsp3) is 0.111. The molecule has 2 aromatic heterocycles. The molecule has 0 aliphatic carbocycles. The van der Waals surface area contributed by atoms with Gasteiger partial charge in [0.25, 0.3) is 0 Å². The number of hydrogen-bond donors (Lipinski definition) is 0. The highest BCUT2D eigenvalue weighted by Gasteiger charge is 2.01. The van der Waals surface area contributed by atoms with Crippen molar-refractivity contribution in [3.05, 3.63) is 29.1 Å². The fourth-order valence-corrected chi connectivity index (χ4v) is 1.74. The van der Waals surface area contributed by atoms with Crippen LogP contribution in [0.3, 0.4) is 0 Å². The zero-order valence-electron chi connectivity index (χ0n) is 6.84. The molecule has 0 radical (unpaired) electrons. The van der Waals surface area contributed by atoms with Crippen LogP contribution in [0.15, 0.2) is 29.1 Å². The summed E-state index contributed by atoms with van der Waals surface area (Å²) in [4.78, 5) is 0. The highest BCUT2D eigenvalue weighted by atomic mass is 32.1. The van der Waals surface area contributed by atoms with Gasteiger partial charge in [0.1, 0.15) is 6.54 Å². The van der Waals surface area contributed by atoms with E-state index in [1.807, 2.05) is 35.2 Å². The predicted molar refractivity (Wildman–Crippen MR) is 51.2 cm³/mol. The van der Waals surface area contributed by atoms with Crippen molar-refractivity contribution in [1.29, 1.82) is 5.26 Å². The first-order valence-corrected chi connectivity index (χ1v) is 4.77. The largest absolute Gasteiger partial charge is 0.258 e. The van der Waals surface area contributed by atoms with Gasteiger partial charge in [-0.15, -0.1) is 0 Å². The molecule has 0 amide bonds. The third-order valence-corrected chi connectivity index (χ3v) is 2.37. The van der Waals surface area contributed by atoms with E-state index in [9.17, 15) is 0 Å². The van der Waals surface area contributed by atoms with Gasteiger partial charge in [-0.05, 0) is 17.5 Å². The number of hydrogen-bond acceptors (Lipinski definition) is 3. The van der Waals surface area contributed by atoms with Crippen LogP contribution >= 0.6 is 11.3 Å². The summed E-state index contributed by atoms with van der Waals surface area (Å²) in [6, 6.07) is 5.98. The van der Waals surface area contributed by atoms with E-state index >= 15 is 0 Å². The van der Waals surface area contributed by atoms with Crippen LogP contribution in [0.5, 0.6) is 0 Å². The van der Waals surface area contributed by atoms with Crippen molar-refractivity contribution in [3.8, 4) is 17.3 Å². The molecule has 13 heavy (non-hydrogen) atoms. The summed E-state index contributed by atoms with van der Waals surface area (Å²) in [5.74, 6) is 0. The Labute approximate surface area is 79.9 Å². The summed E-state index contributed by atoms with van der Waals surface area (Å²) in [7, 11) is 0. The normalized spacial score (nSPS) is 9.77. The lowest BCUT2D eigenvalue weighted by Crippen LogP contribution is -1.95.